The van der Waals surface area contributed by atoms with Crippen LogP contribution in [0.1, 0.15) is 35.5 Å². The molecule has 0 saturated carbocycles. The number of nitrogens with one attached hydrogen (secondary N) is 1. The fraction of sp³-hybridized carbons (Fsp3) is 0.190. The number of rotatable bonds is 1. The predicted octanol–water partition coefficient (Wildman–Crippen LogP) is 4.99. The zero-order valence-corrected chi connectivity index (χ0v) is 14.8. The zero-order valence-electron chi connectivity index (χ0n) is 14.8. The van der Waals surface area contributed by atoms with E-state index in [2.05, 4.69) is 4.98 Å². The second kappa shape index (κ2) is 6.01. The van der Waals surface area contributed by atoms with Crippen LogP contribution < -0.4 is 0 Å². The Kier molecular flexibility index (Phi) is 3.87. The number of hydrogen-bond acceptors (Lipinski definition) is 1. The van der Waals surface area contributed by atoms with Crippen molar-refractivity contribution in [2.24, 2.45) is 0 Å². The zero-order chi connectivity index (χ0) is 19.3. The van der Waals surface area contributed by atoms with E-state index < -0.39 is 34.3 Å². The molecule has 0 fully saturated rings. The molecule has 1 aliphatic heterocycles. The molecule has 0 atom stereocenters. The molecule has 0 spiro atoms. The van der Waals surface area contributed by atoms with Crippen LogP contribution in [0, 0.1) is 17.5 Å². The fourth-order valence-electron chi connectivity index (χ4n) is 3.72. The normalized spacial score (nSPS) is 15.7. The van der Waals surface area contributed by atoms with Gasteiger partial charge in [0.1, 0.15) is 5.82 Å². The Balaban J connectivity index is 1.77. The van der Waals surface area contributed by atoms with Crippen molar-refractivity contribution in [1.82, 2.24) is 9.88 Å². The Morgan fingerprint density at radius 1 is 1.07 bits per heavy atom. The van der Waals surface area contributed by atoms with Crippen LogP contribution >= 0.6 is 0 Å². The molecular formula is C21H17F3N2O. The molecule has 0 bridgehead atoms. The van der Waals surface area contributed by atoms with E-state index in [0.29, 0.717) is 12.1 Å². The third-order valence-electron chi connectivity index (χ3n) is 4.90. The summed E-state index contributed by atoms with van der Waals surface area (Å²) in [5.41, 5.74) is 1.96. The predicted molar refractivity (Wildman–Crippen MR) is 97.7 cm³/mol. The molecule has 1 N–H and O–H groups in total. The summed E-state index contributed by atoms with van der Waals surface area (Å²) in [7, 11) is 0. The number of carbonyl (C=O) groups excluding carboxylic acids is 1. The number of carbonyl (C=O) groups is 1. The van der Waals surface area contributed by atoms with E-state index in [1.54, 1.807) is 12.3 Å². The molecule has 0 aliphatic carbocycles. The van der Waals surface area contributed by atoms with E-state index in [1.807, 2.05) is 38.1 Å². The van der Waals surface area contributed by atoms with Crippen molar-refractivity contribution < 1.29 is 18.0 Å². The Labute approximate surface area is 154 Å². The Hall–Kier alpha value is -3.02. The van der Waals surface area contributed by atoms with Gasteiger partial charge in [-0.25, -0.2) is 13.2 Å². The van der Waals surface area contributed by atoms with Gasteiger partial charge in [0.25, 0.3) is 5.91 Å². The number of H-pyrrole nitrogens is 1. The van der Waals surface area contributed by atoms with Gasteiger partial charge in [-0.05, 0) is 23.8 Å². The molecule has 1 amide bonds. The van der Waals surface area contributed by atoms with E-state index >= 15 is 0 Å². The van der Waals surface area contributed by atoms with Crippen molar-refractivity contribution in [3.8, 4) is 0 Å². The van der Waals surface area contributed by atoms with Crippen molar-refractivity contribution in [2.75, 3.05) is 6.54 Å². The van der Waals surface area contributed by atoms with Crippen molar-refractivity contribution in [2.45, 2.75) is 19.3 Å². The summed E-state index contributed by atoms with van der Waals surface area (Å²) < 4.78 is 40.8. The summed E-state index contributed by atoms with van der Waals surface area (Å²) in [6.45, 7) is 4.23. The minimum Gasteiger partial charge on any atom is -0.355 e. The molecule has 3 nitrogen and oxygen atoms in total. The molecule has 27 heavy (non-hydrogen) atoms. The lowest BCUT2D eigenvalue weighted by Gasteiger charge is -2.30. The Morgan fingerprint density at radius 2 is 1.78 bits per heavy atom. The second-order valence-electron chi connectivity index (χ2n) is 7.34. The molecule has 1 aliphatic rings. The maximum Gasteiger partial charge on any atom is 0.260 e. The van der Waals surface area contributed by atoms with Crippen molar-refractivity contribution in [3.63, 3.8) is 0 Å². The summed E-state index contributed by atoms with van der Waals surface area (Å²) in [5.74, 6) is -4.38. The van der Waals surface area contributed by atoms with Crippen LogP contribution in [0.15, 0.2) is 42.6 Å². The summed E-state index contributed by atoms with van der Waals surface area (Å²) in [6, 6.07) is 8.87. The van der Waals surface area contributed by atoms with Gasteiger partial charge in [-0.3, -0.25) is 4.79 Å². The molecule has 2 aromatic carbocycles. The molecule has 2 heterocycles. The van der Waals surface area contributed by atoms with Gasteiger partial charge in [0, 0.05) is 40.8 Å². The van der Waals surface area contributed by atoms with Gasteiger partial charge < -0.3 is 9.88 Å². The van der Waals surface area contributed by atoms with Gasteiger partial charge in [0.05, 0.1) is 5.56 Å². The summed E-state index contributed by atoms with van der Waals surface area (Å²) in [6.07, 6.45) is 3.30. The maximum atomic E-state index is 14.1. The van der Waals surface area contributed by atoms with E-state index in [-0.39, 0.29) is 6.54 Å². The molecule has 0 radical (unpaired) electrons. The minimum atomic E-state index is -1.32. The first-order valence-electron chi connectivity index (χ1n) is 8.53. The quantitative estimate of drug-likeness (QED) is 0.602. The third-order valence-corrected chi connectivity index (χ3v) is 4.90. The van der Waals surface area contributed by atoms with Crippen molar-refractivity contribution >= 4 is 22.9 Å². The van der Waals surface area contributed by atoms with E-state index in [1.165, 1.54) is 4.90 Å². The lowest BCUT2D eigenvalue weighted by Crippen LogP contribution is -2.37. The number of aromatic nitrogens is 1. The lowest BCUT2D eigenvalue weighted by atomic mass is 9.82. The highest BCUT2D eigenvalue weighted by Gasteiger charge is 2.33. The number of fused-ring (bicyclic) bond motifs is 3. The highest BCUT2D eigenvalue weighted by atomic mass is 19.2. The van der Waals surface area contributed by atoms with E-state index in [4.69, 9.17) is 0 Å². The number of hydrogen-bond donors (Lipinski definition) is 1. The van der Waals surface area contributed by atoms with Gasteiger partial charge in [-0.15, -0.1) is 0 Å². The number of para-hydroxylation sites is 1. The highest BCUT2D eigenvalue weighted by Crippen LogP contribution is 2.37. The Bertz CT molecular complexity index is 1100. The van der Waals surface area contributed by atoms with Gasteiger partial charge in [-0.2, -0.15) is 0 Å². The summed E-state index contributed by atoms with van der Waals surface area (Å²) in [4.78, 5) is 17.5. The number of aromatic amines is 1. The number of benzene rings is 2. The molecule has 0 saturated heterocycles. The monoisotopic (exact) mass is 370 g/mol. The van der Waals surface area contributed by atoms with Crippen LogP contribution in [-0.2, 0) is 5.41 Å². The molecule has 3 aromatic rings. The second-order valence-corrected chi connectivity index (χ2v) is 7.34. The van der Waals surface area contributed by atoms with Crippen LogP contribution in [0.25, 0.3) is 17.0 Å². The van der Waals surface area contributed by atoms with Gasteiger partial charge in [-0.1, -0.05) is 32.0 Å². The molecule has 138 valence electrons. The van der Waals surface area contributed by atoms with Gasteiger partial charge >= 0.3 is 0 Å². The van der Waals surface area contributed by atoms with E-state index in [0.717, 1.165) is 22.2 Å². The van der Waals surface area contributed by atoms with Crippen molar-refractivity contribution in [3.05, 3.63) is 76.9 Å². The first-order chi connectivity index (χ1) is 12.8. The minimum absolute atomic E-state index is 0.260. The molecule has 6 heteroatoms. The number of amides is 1. The van der Waals surface area contributed by atoms with Crippen LogP contribution in [-0.4, -0.2) is 22.3 Å². The third kappa shape index (κ3) is 2.81. The largest absolute Gasteiger partial charge is 0.355 e. The smallest absolute Gasteiger partial charge is 0.260 e. The molecule has 1 aromatic heterocycles. The average Bonchev–Trinajstić information content (AvgIpc) is 2.94. The summed E-state index contributed by atoms with van der Waals surface area (Å²) >= 11 is 0. The number of halogens is 3. The van der Waals surface area contributed by atoms with Crippen LogP contribution in [0.3, 0.4) is 0 Å². The topological polar surface area (TPSA) is 36.1 Å². The van der Waals surface area contributed by atoms with Crippen LogP contribution in [0.4, 0.5) is 13.2 Å². The lowest BCUT2D eigenvalue weighted by molar-refractivity contribution is 0.0796. The standard InChI is InChI=1S/C21H17F3N2O/c1-21(2)11-26(20(27)13-9-15(23)16(24)10-14(13)22)8-7-18-19(21)12-5-3-4-6-17(12)25-18/h3-10,25H,11H2,1-2H3. The molecule has 4 rings (SSSR count). The van der Waals surface area contributed by atoms with Gasteiger partial charge in [0.2, 0.25) is 0 Å². The summed E-state index contributed by atoms with van der Waals surface area (Å²) in [5, 5.41) is 1.05. The molecular weight excluding hydrogens is 353 g/mol. The first kappa shape index (κ1) is 17.4. The van der Waals surface area contributed by atoms with Crippen molar-refractivity contribution in [1.29, 1.82) is 0 Å². The SMILES string of the molecule is CC1(C)CN(C(=O)c2cc(F)c(F)cc2F)C=Cc2[nH]c3ccccc3c21. The van der Waals surface area contributed by atoms with Gasteiger partial charge in [0.15, 0.2) is 11.6 Å². The maximum absolute atomic E-state index is 14.1. The van der Waals surface area contributed by atoms with Crippen LogP contribution in [0.2, 0.25) is 0 Å². The number of nitrogens with zero attached hydrogens (tertiary/aromatic N) is 1. The molecule has 0 unspecified atom stereocenters. The fourth-order valence-corrected chi connectivity index (χ4v) is 3.72. The van der Waals surface area contributed by atoms with Crippen LogP contribution in [0.5, 0.6) is 0 Å². The average molecular weight is 370 g/mol. The van der Waals surface area contributed by atoms with E-state index in [9.17, 15) is 18.0 Å². The highest BCUT2D eigenvalue weighted by molar-refractivity contribution is 5.96. The Morgan fingerprint density at radius 3 is 2.56 bits per heavy atom. The first-order valence-corrected chi connectivity index (χ1v) is 8.53.